The minimum absolute atomic E-state index is 0. The van der Waals surface area contributed by atoms with Crippen molar-refractivity contribution in [3.8, 4) is 5.75 Å². The molecular formula is C40H59O14Ti. The van der Waals surface area contributed by atoms with Gasteiger partial charge in [0.15, 0.2) is 35.7 Å². The number of ether oxygens (including phenoxy) is 11. The van der Waals surface area contributed by atoms with Gasteiger partial charge in [-0.25, -0.2) is 0 Å². The molecule has 14 nitrogen and oxygen atoms in total. The largest absolute Gasteiger partial charge is 0.481 e. The van der Waals surface area contributed by atoms with E-state index >= 15 is 0 Å². The Balaban J connectivity index is 0.000000173. The van der Waals surface area contributed by atoms with Gasteiger partial charge < -0.3 is 67.4 Å². The van der Waals surface area contributed by atoms with Gasteiger partial charge in [0.05, 0.1) is 13.2 Å². The molecule has 5 radical (unpaired) electrons. The van der Waals surface area contributed by atoms with Crippen LogP contribution in [0.2, 0.25) is 0 Å². The quantitative estimate of drug-likeness (QED) is 0.279. The van der Waals surface area contributed by atoms with Crippen LogP contribution in [-0.2, 0) is 69.1 Å². The first kappa shape index (κ1) is 46.5. The molecule has 1 aromatic carbocycles. The Hall–Kier alpha value is -1.21. The first-order valence-corrected chi connectivity index (χ1v) is 18.5. The number of aryl methyl sites for hydroxylation is 2. The van der Waals surface area contributed by atoms with Crippen molar-refractivity contribution in [3.05, 3.63) is 73.5 Å². The average Bonchev–Trinajstić information content (AvgIpc) is 3.95. The molecule has 0 spiro atoms. The van der Waals surface area contributed by atoms with Gasteiger partial charge in [0.1, 0.15) is 54.6 Å². The second-order valence-electron chi connectivity index (χ2n) is 15.8. The molecule has 0 unspecified atom stereocenters. The molecule has 6 aliphatic heterocycles. The zero-order chi connectivity index (χ0) is 39.6. The third-order valence-electron chi connectivity index (χ3n) is 9.32. The second kappa shape index (κ2) is 18.8. The van der Waals surface area contributed by atoms with E-state index in [0.29, 0.717) is 13.2 Å². The summed E-state index contributed by atoms with van der Waals surface area (Å²) in [6, 6.07) is 5.86. The fourth-order valence-electron chi connectivity index (χ4n) is 6.85. The molecule has 307 valence electrons. The number of fused-ring (bicyclic) bond motifs is 2. The predicted octanol–water partition coefficient (Wildman–Crippen LogP) is 4.87. The summed E-state index contributed by atoms with van der Waals surface area (Å²) in [7, 11) is 0. The Kier molecular flexibility index (Phi) is 15.9. The van der Waals surface area contributed by atoms with Gasteiger partial charge in [0.2, 0.25) is 0 Å². The van der Waals surface area contributed by atoms with Crippen LogP contribution in [0.5, 0.6) is 5.75 Å². The molecule has 7 fully saturated rings. The minimum Gasteiger partial charge on any atom is -0.481 e. The SMILES string of the molecule is C/C=C(\O)Oc1c(C)cccc1C.CC1(C)O[C@H]2O[C@H]([C@H]3COC(C)(C)O3)[C@H](O)[C@H]2O1.CC1(C)O[C@H]2O[C@H]([C@H]3COC(C)(C)O3)[C@H](O)[C@H]2O1.[CH]1[CH][CH][CH][CH]1.[Ti]. The molecular weight excluding hydrogens is 752 g/mol. The van der Waals surface area contributed by atoms with Gasteiger partial charge in [0.25, 0.3) is 5.95 Å². The van der Waals surface area contributed by atoms with Crippen LogP contribution in [0.3, 0.4) is 0 Å². The summed E-state index contributed by atoms with van der Waals surface area (Å²) in [5.41, 5.74) is 2.04. The van der Waals surface area contributed by atoms with Crippen molar-refractivity contribution in [3.63, 3.8) is 0 Å². The average molecular weight is 812 g/mol. The molecule has 0 aromatic heterocycles. The first-order valence-electron chi connectivity index (χ1n) is 18.5. The number of allylic oxidation sites excluding steroid dienone is 1. The molecule has 6 heterocycles. The van der Waals surface area contributed by atoms with E-state index in [1.54, 1.807) is 34.6 Å². The van der Waals surface area contributed by atoms with E-state index in [-0.39, 0.29) is 39.9 Å². The maximum absolute atomic E-state index is 10.3. The van der Waals surface area contributed by atoms with E-state index < -0.39 is 72.4 Å². The van der Waals surface area contributed by atoms with Crippen LogP contribution in [0.25, 0.3) is 0 Å². The van der Waals surface area contributed by atoms with Crippen LogP contribution in [-0.4, -0.2) is 113 Å². The van der Waals surface area contributed by atoms with E-state index in [4.69, 9.17) is 52.1 Å². The smallest absolute Gasteiger partial charge is 0.277 e. The monoisotopic (exact) mass is 811 g/mol. The third kappa shape index (κ3) is 12.2. The summed E-state index contributed by atoms with van der Waals surface area (Å²) in [5, 5.41) is 29.7. The first-order chi connectivity index (χ1) is 25.2. The van der Waals surface area contributed by atoms with Crippen LogP contribution in [0.15, 0.2) is 30.2 Å². The molecule has 1 aromatic rings. The summed E-state index contributed by atoms with van der Waals surface area (Å²) < 4.78 is 61.5. The molecule has 6 saturated heterocycles. The van der Waals surface area contributed by atoms with Crippen LogP contribution >= 0.6 is 0 Å². The van der Waals surface area contributed by atoms with E-state index in [1.165, 1.54) is 6.08 Å². The molecule has 0 bridgehead atoms. The van der Waals surface area contributed by atoms with Gasteiger partial charge in [-0.3, -0.25) is 0 Å². The summed E-state index contributed by atoms with van der Waals surface area (Å²) in [5.74, 6) is -2.02. The molecule has 7 aliphatic rings. The number of aliphatic hydroxyl groups is 3. The number of benzene rings is 1. The van der Waals surface area contributed by atoms with Gasteiger partial charge in [-0.05, 0) is 125 Å². The summed E-state index contributed by atoms with van der Waals surface area (Å²) in [4.78, 5) is 0. The van der Waals surface area contributed by atoms with Gasteiger partial charge >= 0.3 is 0 Å². The van der Waals surface area contributed by atoms with Crippen LogP contribution in [0.4, 0.5) is 0 Å². The van der Waals surface area contributed by atoms with Crippen LogP contribution < -0.4 is 4.74 Å². The zero-order valence-corrected chi connectivity index (χ0v) is 35.3. The molecule has 15 heteroatoms. The molecule has 0 amide bonds. The Morgan fingerprint density at radius 1 is 0.618 bits per heavy atom. The number of hydrogen-bond donors (Lipinski definition) is 3. The Morgan fingerprint density at radius 2 is 1.00 bits per heavy atom. The number of para-hydroxylation sites is 1. The van der Waals surface area contributed by atoms with Crippen molar-refractivity contribution in [1.29, 1.82) is 0 Å². The van der Waals surface area contributed by atoms with Gasteiger partial charge in [0, 0.05) is 21.7 Å². The number of aliphatic hydroxyl groups excluding tert-OH is 3. The van der Waals surface area contributed by atoms with Crippen molar-refractivity contribution in [2.45, 2.75) is 161 Å². The second-order valence-corrected chi connectivity index (χ2v) is 15.8. The van der Waals surface area contributed by atoms with Crippen LogP contribution in [0, 0.1) is 46.0 Å². The summed E-state index contributed by atoms with van der Waals surface area (Å²) in [6.45, 7) is 21.0. The number of hydrogen-bond acceptors (Lipinski definition) is 14. The van der Waals surface area contributed by atoms with Gasteiger partial charge in [-0.15, -0.1) is 0 Å². The summed E-state index contributed by atoms with van der Waals surface area (Å²) in [6.07, 6.45) is 6.46. The summed E-state index contributed by atoms with van der Waals surface area (Å²) >= 11 is 0. The standard InChI is InChI=1S/2C12H20O6.C11H14O2.C5H5.Ti/c2*1-11(2)14-5-6(16-11)8-7(13)9-10(15-8)18-12(3,4)17-9;1-4-10(12)13-11-8(2)6-5-7-9(11)3;1-2-4-5-3-1;/h2*6-10,13H,5H2,1-4H3;4-7,12H,1-3H3;1-5H;/b;;10-4+;;/t2*6-,7+,8-,9-,10-;;;/m11.../s1. The van der Waals surface area contributed by atoms with Crippen molar-refractivity contribution in [2.75, 3.05) is 13.2 Å². The van der Waals surface area contributed by atoms with Gasteiger partial charge in [-0.2, -0.15) is 0 Å². The molecule has 1 saturated carbocycles. The third-order valence-corrected chi connectivity index (χ3v) is 9.32. The van der Waals surface area contributed by atoms with E-state index in [9.17, 15) is 15.3 Å². The van der Waals surface area contributed by atoms with Crippen molar-refractivity contribution in [1.82, 2.24) is 0 Å². The van der Waals surface area contributed by atoms with E-state index in [0.717, 1.165) is 16.9 Å². The molecule has 3 N–H and O–H groups in total. The molecule has 55 heavy (non-hydrogen) atoms. The maximum atomic E-state index is 10.3. The van der Waals surface area contributed by atoms with E-state index in [2.05, 4.69) is 0 Å². The fraction of sp³-hybridized carbons (Fsp3) is 0.675. The Bertz CT molecular complexity index is 1320. The normalized spacial score (nSPS) is 37.3. The maximum Gasteiger partial charge on any atom is 0.277 e. The molecule has 1 aliphatic carbocycles. The van der Waals surface area contributed by atoms with Crippen LogP contribution in [0.1, 0.15) is 73.4 Å². The Morgan fingerprint density at radius 3 is 1.31 bits per heavy atom. The van der Waals surface area contributed by atoms with Crippen molar-refractivity contribution < 1.29 is 89.1 Å². The topological polar surface area (TPSA) is 162 Å². The zero-order valence-electron chi connectivity index (χ0n) is 33.7. The predicted molar refractivity (Wildman–Crippen MR) is 194 cm³/mol. The fourth-order valence-corrected chi connectivity index (χ4v) is 6.85. The minimum atomic E-state index is -0.765. The molecule has 10 atom stereocenters. The molecule has 8 rings (SSSR count). The van der Waals surface area contributed by atoms with Crippen molar-refractivity contribution in [2.24, 2.45) is 0 Å². The van der Waals surface area contributed by atoms with E-state index in [1.807, 2.05) is 91.8 Å². The Labute approximate surface area is 341 Å². The van der Waals surface area contributed by atoms with Gasteiger partial charge in [-0.1, -0.05) is 18.2 Å². The number of rotatable bonds is 4. The van der Waals surface area contributed by atoms with Crippen molar-refractivity contribution >= 4 is 0 Å².